The third-order valence-electron chi connectivity index (χ3n) is 5.86. The number of rotatable bonds is 4. The molecule has 5 nitrogen and oxygen atoms in total. The summed E-state index contributed by atoms with van der Waals surface area (Å²) in [5, 5.41) is 4.22. The van der Waals surface area contributed by atoms with Crippen LogP contribution in [0.2, 0.25) is 0 Å². The van der Waals surface area contributed by atoms with Gasteiger partial charge in [-0.15, -0.1) is 0 Å². The van der Waals surface area contributed by atoms with E-state index in [-0.39, 0.29) is 11.4 Å². The van der Waals surface area contributed by atoms with Gasteiger partial charge in [-0.3, -0.25) is 4.98 Å². The first-order valence-electron chi connectivity index (χ1n) is 10.8. The van der Waals surface area contributed by atoms with E-state index in [1.807, 2.05) is 24.3 Å². The van der Waals surface area contributed by atoms with Crippen LogP contribution in [-0.4, -0.2) is 28.0 Å². The van der Waals surface area contributed by atoms with Gasteiger partial charge < -0.3 is 10.2 Å². The lowest BCUT2D eigenvalue weighted by atomic mass is 10.00. The van der Waals surface area contributed by atoms with Crippen LogP contribution in [0.25, 0.3) is 22.3 Å². The van der Waals surface area contributed by atoms with Crippen LogP contribution in [0.5, 0.6) is 0 Å². The minimum absolute atomic E-state index is 0.0126. The van der Waals surface area contributed by atoms with Crippen LogP contribution < -0.4 is 10.2 Å². The van der Waals surface area contributed by atoms with E-state index in [9.17, 15) is 8.78 Å². The van der Waals surface area contributed by atoms with Crippen molar-refractivity contribution in [2.75, 3.05) is 23.3 Å². The summed E-state index contributed by atoms with van der Waals surface area (Å²) in [5.41, 5.74) is 3.03. The zero-order chi connectivity index (χ0) is 22.1. The molecule has 0 spiro atoms. The number of hydrogen-bond donors (Lipinski definition) is 1. The van der Waals surface area contributed by atoms with E-state index in [2.05, 4.69) is 32.1 Å². The molecule has 0 aliphatic carbocycles. The molecule has 5 rings (SSSR count). The SMILES string of the molecule is CC1CCCN(c2ccncc2Nc2cccc3cnc(-c4c(F)cccc4F)nc23)C1. The van der Waals surface area contributed by atoms with Crippen LogP contribution in [0.4, 0.5) is 25.8 Å². The Morgan fingerprint density at radius 3 is 2.62 bits per heavy atom. The third kappa shape index (κ3) is 3.86. The molecule has 162 valence electrons. The lowest BCUT2D eigenvalue weighted by Gasteiger charge is -2.34. The molecule has 1 aliphatic heterocycles. The molecule has 32 heavy (non-hydrogen) atoms. The number of benzene rings is 2. The molecular formula is C25H23F2N5. The first-order valence-corrected chi connectivity index (χ1v) is 10.8. The molecule has 1 N–H and O–H groups in total. The van der Waals surface area contributed by atoms with Gasteiger partial charge in [-0.2, -0.15) is 0 Å². The molecule has 7 heteroatoms. The maximum absolute atomic E-state index is 14.3. The summed E-state index contributed by atoms with van der Waals surface area (Å²) in [5.74, 6) is -0.737. The van der Waals surface area contributed by atoms with E-state index < -0.39 is 11.6 Å². The van der Waals surface area contributed by atoms with Crippen molar-refractivity contribution in [1.29, 1.82) is 0 Å². The number of hydrogen-bond acceptors (Lipinski definition) is 5. The van der Waals surface area contributed by atoms with Crippen molar-refractivity contribution in [2.24, 2.45) is 5.92 Å². The fraction of sp³-hybridized carbons (Fsp3) is 0.240. The van der Waals surface area contributed by atoms with Crippen molar-refractivity contribution >= 4 is 28.0 Å². The number of anilines is 3. The van der Waals surface area contributed by atoms with E-state index in [0.29, 0.717) is 11.4 Å². The molecular weight excluding hydrogens is 408 g/mol. The molecule has 0 saturated carbocycles. The Morgan fingerprint density at radius 2 is 1.81 bits per heavy atom. The number of nitrogens with one attached hydrogen (secondary N) is 1. The second kappa shape index (κ2) is 8.49. The zero-order valence-corrected chi connectivity index (χ0v) is 17.7. The van der Waals surface area contributed by atoms with Gasteiger partial charge in [0.2, 0.25) is 0 Å². The maximum Gasteiger partial charge on any atom is 0.165 e. The van der Waals surface area contributed by atoms with Gasteiger partial charge >= 0.3 is 0 Å². The number of halogens is 2. The fourth-order valence-electron chi connectivity index (χ4n) is 4.30. The monoisotopic (exact) mass is 431 g/mol. The van der Waals surface area contributed by atoms with Crippen LogP contribution >= 0.6 is 0 Å². The predicted molar refractivity (Wildman–Crippen MR) is 123 cm³/mol. The second-order valence-electron chi connectivity index (χ2n) is 8.24. The van der Waals surface area contributed by atoms with Crippen molar-refractivity contribution in [3.05, 3.63) is 72.7 Å². The largest absolute Gasteiger partial charge is 0.370 e. The average molecular weight is 431 g/mol. The van der Waals surface area contributed by atoms with E-state index in [1.54, 1.807) is 18.6 Å². The molecule has 0 amide bonds. The lowest BCUT2D eigenvalue weighted by Crippen LogP contribution is -2.34. The predicted octanol–water partition coefficient (Wildman–Crippen LogP) is 5.95. The molecule has 1 atom stereocenters. The van der Waals surface area contributed by atoms with Gasteiger partial charge in [0.15, 0.2) is 5.82 Å². The molecule has 1 unspecified atom stereocenters. The topological polar surface area (TPSA) is 53.9 Å². The highest BCUT2D eigenvalue weighted by atomic mass is 19.1. The quantitative estimate of drug-likeness (QED) is 0.433. The number of fused-ring (bicyclic) bond motifs is 1. The summed E-state index contributed by atoms with van der Waals surface area (Å²) in [6.45, 7) is 4.26. The lowest BCUT2D eigenvalue weighted by molar-refractivity contribution is 0.447. The highest BCUT2D eigenvalue weighted by Crippen LogP contribution is 2.34. The van der Waals surface area contributed by atoms with E-state index in [4.69, 9.17) is 0 Å². The zero-order valence-electron chi connectivity index (χ0n) is 17.7. The highest BCUT2D eigenvalue weighted by Gasteiger charge is 2.20. The summed E-state index contributed by atoms with van der Waals surface area (Å²) < 4.78 is 28.6. The third-order valence-corrected chi connectivity index (χ3v) is 5.86. The van der Waals surface area contributed by atoms with Crippen LogP contribution in [0, 0.1) is 17.6 Å². The molecule has 1 fully saturated rings. The van der Waals surface area contributed by atoms with Gasteiger partial charge in [-0.1, -0.05) is 25.1 Å². The van der Waals surface area contributed by atoms with Gasteiger partial charge in [0.25, 0.3) is 0 Å². The Morgan fingerprint density at radius 1 is 1.00 bits per heavy atom. The van der Waals surface area contributed by atoms with Crippen molar-refractivity contribution in [3.63, 3.8) is 0 Å². The standard InChI is InChI=1S/C25H23F2N5/c1-16-5-4-12-32(15-16)22-10-11-28-14-21(22)30-20-9-2-6-17-13-29-25(31-24(17)20)23-18(26)7-3-8-19(23)27/h2-3,6-11,13-14,16,30H,4-5,12,15H2,1H3. The van der Waals surface area contributed by atoms with Crippen LogP contribution in [-0.2, 0) is 0 Å². The van der Waals surface area contributed by atoms with Crippen molar-refractivity contribution in [2.45, 2.75) is 19.8 Å². The summed E-state index contributed by atoms with van der Waals surface area (Å²) >= 11 is 0. The minimum atomic E-state index is -0.691. The normalized spacial score (nSPS) is 16.3. The van der Waals surface area contributed by atoms with Gasteiger partial charge in [0, 0.05) is 30.9 Å². The molecule has 1 aliphatic rings. The molecule has 1 saturated heterocycles. The molecule has 2 aromatic heterocycles. The molecule has 0 radical (unpaired) electrons. The Kier molecular flexibility index (Phi) is 5.39. The molecule has 0 bridgehead atoms. The summed E-state index contributed by atoms with van der Waals surface area (Å²) in [7, 11) is 0. The van der Waals surface area contributed by atoms with E-state index in [1.165, 1.54) is 24.6 Å². The van der Waals surface area contributed by atoms with Crippen molar-refractivity contribution in [3.8, 4) is 11.4 Å². The van der Waals surface area contributed by atoms with Crippen molar-refractivity contribution < 1.29 is 8.78 Å². The van der Waals surface area contributed by atoms with Crippen LogP contribution in [0.3, 0.4) is 0 Å². The summed E-state index contributed by atoms with van der Waals surface area (Å²) in [6.07, 6.45) is 7.57. The second-order valence-corrected chi connectivity index (χ2v) is 8.24. The molecule has 4 aromatic rings. The maximum atomic E-state index is 14.3. The average Bonchev–Trinajstić information content (AvgIpc) is 2.80. The minimum Gasteiger partial charge on any atom is -0.370 e. The van der Waals surface area contributed by atoms with Crippen molar-refractivity contribution in [1.82, 2.24) is 15.0 Å². The number of piperidine rings is 1. The number of para-hydroxylation sites is 1. The Balaban J connectivity index is 1.56. The van der Waals surface area contributed by atoms with Crippen LogP contribution in [0.15, 0.2) is 61.1 Å². The van der Waals surface area contributed by atoms with Gasteiger partial charge in [0.1, 0.15) is 11.6 Å². The van der Waals surface area contributed by atoms with E-state index >= 15 is 0 Å². The smallest absolute Gasteiger partial charge is 0.165 e. The number of pyridine rings is 1. The number of nitrogens with zero attached hydrogens (tertiary/aromatic N) is 4. The first-order chi connectivity index (χ1) is 15.6. The van der Waals surface area contributed by atoms with Gasteiger partial charge in [-0.25, -0.2) is 18.7 Å². The molecule has 3 heterocycles. The van der Waals surface area contributed by atoms with Gasteiger partial charge in [-0.05, 0) is 43.0 Å². The first kappa shape index (κ1) is 20.3. The Hall–Kier alpha value is -3.61. The fourth-order valence-corrected chi connectivity index (χ4v) is 4.30. The molecule has 2 aromatic carbocycles. The van der Waals surface area contributed by atoms with E-state index in [0.717, 1.165) is 42.0 Å². The summed E-state index contributed by atoms with van der Waals surface area (Å²) in [6, 6.07) is 11.4. The highest BCUT2D eigenvalue weighted by molar-refractivity contribution is 5.93. The number of aromatic nitrogens is 3. The van der Waals surface area contributed by atoms with Crippen LogP contribution in [0.1, 0.15) is 19.8 Å². The summed E-state index contributed by atoms with van der Waals surface area (Å²) in [4.78, 5) is 15.4. The van der Waals surface area contributed by atoms with Gasteiger partial charge in [0.05, 0.1) is 34.3 Å². The Labute approximate surface area is 185 Å². The Bertz CT molecular complexity index is 1260.